The summed E-state index contributed by atoms with van der Waals surface area (Å²) in [6, 6.07) is 0. The number of esters is 2. The molecule has 0 aromatic rings. The molecule has 0 radical (unpaired) electrons. The van der Waals surface area contributed by atoms with Crippen LogP contribution in [0.1, 0.15) is 322 Å². The van der Waals surface area contributed by atoms with Crippen molar-refractivity contribution in [1.82, 2.24) is 0 Å². The Morgan fingerprint density at radius 1 is 0.356 bits per heavy atom. The Balaban J connectivity index is 3.85. The lowest BCUT2D eigenvalue weighted by atomic mass is 10.0. The zero-order valence-electron chi connectivity index (χ0n) is 56.2. The molecule has 2 unspecified atom stereocenters. The van der Waals surface area contributed by atoms with Gasteiger partial charge in [-0.2, -0.15) is 0 Å². The smallest absolute Gasteiger partial charge is 0.462 e. The van der Waals surface area contributed by atoms with E-state index in [2.05, 4.69) is 135 Å². The normalized spacial score (nSPS) is 13.7. The van der Waals surface area contributed by atoms with Crippen molar-refractivity contribution in [2.24, 2.45) is 5.73 Å². The monoisotopic (exact) mass is 1230 g/mol. The number of hydrogen-bond donors (Lipinski definition) is 2. The number of unbranched alkanes of at least 4 members (excludes halogenated alkanes) is 34. The van der Waals surface area contributed by atoms with Crippen LogP contribution >= 0.6 is 7.82 Å². The first-order valence-electron chi connectivity index (χ1n) is 36.0. The second-order valence-electron chi connectivity index (χ2n) is 23.7. The molecule has 9 nitrogen and oxygen atoms in total. The minimum atomic E-state index is -4.41. The van der Waals surface area contributed by atoms with Gasteiger partial charge in [-0.05, 0) is 109 Å². The lowest BCUT2D eigenvalue weighted by Gasteiger charge is -2.19. The fourth-order valence-electron chi connectivity index (χ4n) is 10.0. The fraction of sp³-hybridized carbons (Fsp3) is 0.714. The van der Waals surface area contributed by atoms with E-state index < -0.39 is 26.5 Å². The quantitative estimate of drug-likeness (QED) is 0.0264. The van der Waals surface area contributed by atoms with Crippen LogP contribution in [0.2, 0.25) is 0 Å². The van der Waals surface area contributed by atoms with Crippen LogP contribution in [0.15, 0.2) is 122 Å². The van der Waals surface area contributed by atoms with Gasteiger partial charge in [-0.1, -0.05) is 322 Å². The molecule has 0 saturated heterocycles. The maximum Gasteiger partial charge on any atom is 0.472 e. The average molecular weight is 1230 g/mol. The Kier molecular flexibility index (Phi) is 68.5. The van der Waals surface area contributed by atoms with E-state index in [0.29, 0.717) is 6.42 Å². The lowest BCUT2D eigenvalue weighted by Crippen LogP contribution is -2.29. The molecule has 0 spiro atoms. The zero-order valence-corrected chi connectivity index (χ0v) is 57.1. The molecule has 500 valence electrons. The topological polar surface area (TPSA) is 134 Å². The molecule has 0 saturated carbocycles. The summed E-state index contributed by atoms with van der Waals surface area (Å²) in [6.07, 6.45) is 100. The van der Waals surface area contributed by atoms with Gasteiger partial charge in [0.1, 0.15) is 6.61 Å². The first kappa shape index (κ1) is 83.4. The Bertz CT molecular complexity index is 1840. The molecule has 0 aliphatic carbocycles. The van der Waals surface area contributed by atoms with Crippen molar-refractivity contribution in [2.75, 3.05) is 26.4 Å². The van der Waals surface area contributed by atoms with Gasteiger partial charge >= 0.3 is 19.8 Å². The highest BCUT2D eigenvalue weighted by molar-refractivity contribution is 7.47. The van der Waals surface area contributed by atoms with Crippen LogP contribution < -0.4 is 5.73 Å². The summed E-state index contributed by atoms with van der Waals surface area (Å²) in [4.78, 5) is 35.3. The molecule has 0 fully saturated rings. The molecule has 0 heterocycles. The van der Waals surface area contributed by atoms with Gasteiger partial charge in [-0.15, -0.1) is 0 Å². The minimum Gasteiger partial charge on any atom is -0.462 e. The van der Waals surface area contributed by atoms with Crippen molar-refractivity contribution in [3.63, 3.8) is 0 Å². The van der Waals surface area contributed by atoms with E-state index in [1.54, 1.807) is 0 Å². The van der Waals surface area contributed by atoms with Crippen molar-refractivity contribution < 1.29 is 37.6 Å². The highest BCUT2D eigenvalue weighted by atomic mass is 31.2. The van der Waals surface area contributed by atoms with Crippen molar-refractivity contribution in [2.45, 2.75) is 328 Å². The van der Waals surface area contributed by atoms with Gasteiger partial charge in [-0.25, -0.2) is 4.57 Å². The van der Waals surface area contributed by atoms with Crippen molar-refractivity contribution in [3.05, 3.63) is 122 Å². The van der Waals surface area contributed by atoms with E-state index in [0.717, 1.165) is 96.3 Å². The summed E-state index contributed by atoms with van der Waals surface area (Å²) < 4.78 is 33.1. The van der Waals surface area contributed by atoms with Crippen LogP contribution in [-0.4, -0.2) is 49.3 Å². The van der Waals surface area contributed by atoms with Crippen LogP contribution in [0.3, 0.4) is 0 Å². The molecule has 87 heavy (non-hydrogen) atoms. The summed E-state index contributed by atoms with van der Waals surface area (Å²) in [5.74, 6) is -0.862. The third kappa shape index (κ3) is 71.4. The van der Waals surface area contributed by atoms with E-state index in [-0.39, 0.29) is 38.6 Å². The molecule has 0 rings (SSSR count). The summed E-state index contributed by atoms with van der Waals surface area (Å²) in [5.41, 5.74) is 5.40. The number of nitrogens with two attached hydrogens (primary N) is 1. The maximum absolute atomic E-state index is 12.7. The van der Waals surface area contributed by atoms with Crippen LogP contribution in [0.25, 0.3) is 0 Å². The SMILES string of the molecule is CC/C=C\C/C=C\C/C=C\C/C=C\C/C=C\C/C=C\C/C=C\CCCCCC(=O)OC(COC(=O)CCCCCCCCCCCCCCCCCCCCCCCCCCCC/C=C\C/C=C\C/C=C\CCCCCCC)COP(=O)(O)OCCN. The Morgan fingerprint density at radius 2 is 0.632 bits per heavy atom. The van der Waals surface area contributed by atoms with E-state index in [1.807, 2.05) is 0 Å². The lowest BCUT2D eigenvalue weighted by molar-refractivity contribution is -0.161. The number of carbonyl (C=O) groups is 2. The van der Waals surface area contributed by atoms with Gasteiger partial charge in [0, 0.05) is 19.4 Å². The van der Waals surface area contributed by atoms with Crippen LogP contribution in [0, 0.1) is 0 Å². The summed E-state index contributed by atoms with van der Waals surface area (Å²) >= 11 is 0. The van der Waals surface area contributed by atoms with Gasteiger partial charge in [0.2, 0.25) is 0 Å². The Morgan fingerprint density at radius 3 is 0.954 bits per heavy atom. The second kappa shape index (κ2) is 71.5. The molecule has 0 aliphatic rings. The minimum absolute atomic E-state index is 0.0430. The summed E-state index contributed by atoms with van der Waals surface area (Å²) in [7, 11) is -4.41. The molecule has 0 aromatic heterocycles. The predicted molar refractivity (Wildman–Crippen MR) is 376 cm³/mol. The first-order chi connectivity index (χ1) is 42.8. The number of carbonyl (C=O) groups excluding carboxylic acids is 2. The summed E-state index contributed by atoms with van der Waals surface area (Å²) in [5, 5.41) is 0. The predicted octanol–water partition coefficient (Wildman–Crippen LogP) is 23.9. The van der Waals surface area contributed by atoms with E-state index in [9.17, 15) is 19.0 Å². The van der Waals surface area contributed by atoms with Crippen molar-refractivity contribution in [1.29, 1.82) is 0 Å². The van der Waals surface area contributed by atoms with E-state index >= 15 is 0 Å². The molecular weight excluding hydrogens is 1100 g/mol. The largest absolute Gasteiger partial charge is 0.472 e. The van der Waals surface area contributed by atoms with E-state index in [1.165, 1.54) is 193 Å². The molecule has 2 atom stereocenters. The standard InChI is InChI=1S/C77H134NO8P/c1-3-5-7-9-11-13-15-17-19-21-23-25-27-29-30-31-32-33-34-35-36-37-38-39-40-41-42-43-44-46-47-49-51-53-55-57-59-61-63-65-67-69-76(79)83-73-75(74-85-87(81,82)84-72-71-78)86-77(80)70-68-66-64-62-60-58-56-54-52-50-48-45-28-26-24-22-20-18-16-14-12-10-8-6-4-2/h6,8,12,14-15,17-18,20-21,23-24,26-27,29,45,48,52,54,58,60,75H,3-5,7,9-11,13,16,19,22,25,28,30-44,46-47,49-51,53,55-57,59,61-74,78H2,1-2H3,(H,81,82)/b8-6-,14-12-,17-15-,20-18-,23-21-,26-24-,29-27-,48-45-,54-52-,60-58-. The number of phosphoric ester groups is 1. The molecule has 10 heteroatoms. The third-order valence-corrected chi connectivity index (χ3v) is 16.3. The van der Waals surface area contributed by atoms with Gasteiger partial charge in [0.05, 0.1) is 13.2 Å². The first-order valence-corrected chi connectivity index (χ1v) is 37.5. The third-order valence-electron chi connectivity index (χ3n) is 15.3. The second-order valence-corrected chi connectivity index (χ2v) is 25.2. The van der Waals surface area contributed by atoms with Gasteiger partial charge in [0.15, 0.2) is 6.10 Å². The van der Waals surface area contributed by atoms with Gasteiger partial charge < -0.3 is 20.1 Å². The zero-order chi connectivity index (χ0) is 63.0. The van der Waals surface area contributed by atoms with E-state index in [4.69, 9.17) is 24.3 Å². The molecule has 0 aliphatic heterocycles. The number of rotatable bonds is 67. The van der Waals surface area contributed by atoms with Crippen molar-refractivity contribution in [3.8, 4) is 0 Å². The highest BCUT2D eigenvalue weighted by Crippen LogP contribution is 2.43. The molecular formula is C77H134NO8P. The maximum atomic E-state index is 12.7. The average Bonchev–Trinajstić information content (AvgIpc) is 3.64. The Labute approximate surface area is 536 Å². The number of ether oxygens (including phenoxy) is 2. The number of phosphoric acid groups is 1. The van der Waals surface area contributed by atoms with Gasteiger partial charge in [0.25, 0.3) is 0 Å². The van der Waals surface area contributed by atoms with Crippen molar-refractivity contribution >= 4 is 19.8 Å². The van der Waals surface area contributed by atoms with Gasteiger partial charge in [-0.3, -0.25) is 18.6 Å². The molecule has 3 N–H and O–H groups in total. The summed E-state index contributed by atoms with van der Waals surface area (Å²) in [6.45, 7) is 3.60. The highest BCUT2D eigenvalue weighted by Gasteiger charge is 2.26. The van der Waals surface area contributed by atoms with Crippen LogP contribution in [0.4, 0.5) is 0 Å². The molecule has 0 aromatic carbocycles. The molecule has 0 bridgehead atoms. The Hall–Kier alpha value is -3.59. The number of allylic oxidation sites excluding steroid dienone is 20. The number of hydrogen-bond acceptors (Lipinski definition) is 8. The van der Waals surface area contributed by atoms with Crippen LogP contribution in [-0.2, 0) is 32.7 Å². The molecule has 0 amide bonds. The van der Waals surface area contributed by atoms with Crippen LogP contribution in [0.5, 0.6) is 0 Å². The fourth-order valence-corrected chi connectivity index (χ4v) is 10.8.